The van der Waals surface area contributed by atoms with Gasteiger partial charge < -0.3 is 4.52 Å². The van der Waals surface area contributed by atoms with Crippen molar-refractivity contribution in [2.24, 2.45) is 0 Å². The number of carbonyl (C=O) groups excluding carboxylic acids is 1. The van der Waals surface area contributed by atoms with Gasteiger partial charge in [0.15, 0.2) is 5.82 Å². The molecule has 1 aromatic heterocycles. The molecule has 1 fully saturated rings. The summed E-state index contributed by atoms with van der Waals surface area (Å²) in [7, 11) is 0. The van der Waals surface area contributed by atoms with E-state index in [1.807, 2.05) is 31.2 Å². The lowest BCUT2D eigenvalue weighted by molar-refractivity contribution is -0.108. The van der Waals surface area contributed by atoms with Gasteiger partial charge in [0.25, 0.3) is 0 Å². The molecular weight excluding hydrogens is 252 g/mol. The largest absolute Gasteiger partial charge is 0.360 e. The molecule has 2 aromatic rings. The van der Waals surface area contributed by atoms with E-state index in [9.17, 15) is 4.79 Å². The van der Waals surface area contributed by atoms with Crippen LogP contribution in [0.25, 0.3) is 0 Å². The Hall–Kier alpha value is -2.10. The molecule has 1 aliphatic carbocycles. The standard InChI is InChI=1S/C16H18N2O2/c1-13-11-15(17-20-13)18(12-19)16(9-5-6-10-16)14-7-3-2-4-8-14/h2-4,7-8,11-12H,5-6,9-10H2,1H3. The Balaban J connectivity index is 2.07. The van der Waals surface area contributed by atoms with Gasteiger partial charge in [-0.05, 0) is 25.3 Å². The number of rotatable bonds is 4. The second kappa shape index (κ2) is 5.12. The molecular formula is C16H18N2O2. The minimum Gasteiger partial charge on any atom is -0.360 e. The molecule has 0 saturated heterocycles. The van der Waals surface area contributed by atoms with Crippen molar-refractivity contribution < 1.29 is 9.32 Å². The zero-order chi connectivity index (χ0) is 14.0. The van der Waals surface area contributed by atoms with Gasteiger partial charge in [-0.1, -0.05) is 48.3 Å². The molecule has 0 bridgehead atoms. The lowest BCUT2D eigenvalue weighted by Crippen LogP contribution is -2.43. The molecule has 1 aliphatic rings. The fourth-order valence-electron chi connectivity index (χ4n) is 3.22. The highest BCUT2D eigenvalue weighted by molar-refractivity contribution is 5.76. The van der Waals surface area contributed by atoms with Crippen LogP contribution in [0, 0.1) is 6.92 Å². The average molecular weight is 270 g/mol. The summed E-state index contributed by atoms with van der Waals surface area (Å²) in [5.41, 5.74) is 0.886. The summed E-state index contributed by atoms with van der Waals surface area (Å²) in [4.78, 5) is 13.5. The second-order valence-electron chi connectivity index (χ2n) is 5.38. The molecule has 4 heteroatoms. The van der Waals surface area contributed by atoms with Crippen molar-refractivity contribution in [1.82, 2.24) is 5.16 Å². The molecule has 20 heavy (non-hydrogen) atoms. The van der Waals surface area contributed by atoms with Gasteiger partial charge in [-0.2, -0.15) is 0 Å². The lowest BCUT2D eigenvalue weighted by Gasteiger charge is -2.37. The van der Waals surface area contributed by atoms with E-state index in [1.165, 1.54) is 5.56 Å². The van der Waals surface area contributed by atoms with Gasteiger partial charge >= 0.3 is 0 Å². The Morgan fingerprint density at radius 2 is 1.95 bits per heavy atom. The van der Waals surface area contributed by atoms with E-state index in [4.69, 9.17) is 4.52 Å². The monoisotopic (exact) mass is 270 g/mol. The molecule has 1 saturated carbocycles. The van der Waals surface area contributed by atoms with Crippen LogP contribution in [0.4, 0.5) is 5.82 Å². The van der Waals surface area contributed by atoms with Crippen molar-refractivity contribution in [2.75, 3.05) is 4.90 Å². The van der Waals surface area contributed by atoms with E-state index in [2.05, 4.69) is 17.3 Å². The molecule has 3 rings (SSSR count). The molecule has 104 valence electrons. The minimum atomic E-state index is -0.285. The number of aromatic nitrogens is 1. The van der Waals surface area contributed by atoms with E-state index < -0.39 is 0 Å². The molecule has 0 aliphatic heterocycles. The number of carbonyl (C=O) groups is 1. The first-order valence-corrected chi connectivity index (χ1v) is 7.00. The fraction of sp³-hybridized carbons (Fsp3) is 0.375. The van der Waals surface area contributed by atoms with Crippen molar-refractivity contribution in [3.8, 4) is 0 Å². The topological polar surface area (TPSA) is 46.3 Å². The molecule has 1 heterocycles. The molecule has 0 N–H and O–H groups in total. The Morgan fingerprint density at radius 3 is 2.50 bits per heavy atom. The van der Waals surface area contributed by atoms with Crippen molar-refractivity contribution in [3.05, 3.63) is 47.7 Å². The molecule has 0 unspecified atom stereocenters. The van der Waals surface area contributed by atoms with E-state index in [1.54, 1.807) is 4.90 Å². The third-order valence-corrected chi connectivity index (χ3v) is 4.17. The molecule has 0 atom stereocenters. The van der Waals surface area contributed by atoms with Crippen molar-refractivity contribution in [2.45, 2.75) is 38.1 Å². The number of amides is 1. The maximum absolute atomic E-state index is 11.7. The Kier molecular flexibility index (Phi) is 3.30. The van der Waals surface area contributed by atoms with Crippen LogP contribution in [0.2, 0.25) is 0 Å². The number of nitrogens with zero attached hydrogens (tertiary/aromatic N) is 2. The number of hydrogen-bond donors (Lipinski definition) is 0. The third kappa shape index (κ3) is 2.01. The Labute approximate surface area is 118 Å². The van der Waals surface area contributed by atoms with E-state index in [0.29, 0.717) is 11.6 Å². The van der Waals surface area contributed by atoms with Crippen molar-refractivity contribution >= 4 is 12.2 Å². The zero-order valence-electron chi connectivity index (χ0n) is 11.6. The Morgan fingerprint density at radius 1 is 1.25 bits per heavy atom. The zero-order valence-corrected chi connectivity index (χ0v) is 11.6. The SMILES string of the molecule is Cc1cc(N(C=O)C2(c3ccccc3)CCCC2)no1. The maximum Gasteiger partial charge on any atom is 0.216 e. The van der Waals surface area contributed by atoms with Gasteiger partial charge in [-0.25, -0.2) is 0 Å². The van der Waals surface area contributed by atoms with Crippen molar-refractivity contribution in [1.29, 1.82) is 0 Å². The van der Waals surface area contributed by atoms with Crippen LogP contribution in [0.3, 0.4) is 0 Å². The van der Waals surface area contributed by atoms with Crippen LogP contribution in [0.1, 0.15) is 37.0 Å². The summed E-state index contributed by atoms with van der Waals surface area (Å²) < 4.78 is 5.14. The predicted octanol–water partition coefficient (Wildman–Crippen LogP) is 3.42. The summed E-state index contributed by atoms with van der Waals surface area (Å²) in [6.07, 6.45) is 5.05. The highest BCUT2D eigenvalue weighted by Gasteiger charge is 2.42. The van der Waals surface area contributed by atoms with Crippen LogP contribution in [-0.2, 0) is 10.3 Å². The van der Waals surface area contributed by atoms with Crippen LogP contribution in [-0.4, -0.2) is 11.6 Å². The average Bonchev–Trinajstić information content (AvgIpc) is 3.12. The first-order chi connectivity index (χ1) is 9.76. The van der Waals surface area contributed by atoms with Gasteiger partial charge in [-0.15, -0.1) is 0 Å². The first-order valence-electron chi connectivity index (χ1n) is 7.00. The Bertz CT molecular complexity index is 586. The summed E-state index contributed by atoms with van der Waals surface area (Å²) in [5, 5.41) is 4.02. The highest BCUT2D eigenvalue weighted by Crippen LogP contribution is 2.44. The van der Waals surface area contributed by atoms with Crippen LogP contribution >= 0.6 is 0 Å². The lowest BCUT2D eigenvalue weighted by atomic mass is 9.86. The fourth-order valence-corrected chi connectivity index (χ4v) is 3.22. The molecule has 0 radical (unpaired) electrons. The van der Waals surface area contributed by atoms with E-state index in [-0.39, 0.29) is 5.54 Å². The molecule has 4 nitrogen and oxygen atoms in total. The van der Waals surface area contributed by atoms with E-state index in [0.717, 1.165) is 32.1 Å². The molecule has 0 spiro atoms. The maximum atomic E-state index is 11.7. The van der Waals surface area contributed by atoms with Gasteiger partial charge in [0.05, 0.1) is 5.54 Å². The number of aryl methyl sites for hydroxylation is 1. The van der Waals surface area contributed by atoms with E-state index >= 15 is 0 Å². The summed E-state index contributed by atoms with van der Waals surface area (Å²) in [6.45, 7) is 1.84. The first kappa shape index (κ1) is 12.9. The van der Waals surface area contributed by atoms with Crippen LogP contribution < -0.4 is 4.90 Å². The molecule has 1 aromatic carbocycles. The highest BCUT2D eigenvalue weighted by atomic mass is 16.5. The van der Waals surface area contributed by atoms with Crippen molar-refractivity contribution in [3.63, 3.8) is 0 Å². The number of hydrogen-bond acceptors (Lipinski definition) is 3. The van der Waals surface area contributed by atoms with Gasteiger partial charge in [0.2, 0.25) is 6.41 Å². The van der Waals surface area contributed by atoms with Gasteiger partial charge in [0.1, 0.15) is 5.76 Å². The smallest absolute Gasteiger partial charge is 0.216 e. The van der Waals surface area contributed by atoms with Gasteiger partial charge in [-0.3, -0.25) is 9.69 Å². The summed E-state index contributed by atoms with van der Waals surface area (Å²) in [5.74, 6) is 1.32. The second-order valence-corrected chi connectivity index (χ2v) is 5.38. The third-order valence-electron chi connectivity index (χ3n) is 4.17. The number of benzene rings is 1. The van der Waals surface area contributed by atoms with Gasteiger partial charge in [0, 0.05) is 6.07 Å². The predicted molar refractivity (Wildman–Crippen MR) is 76.4 cm³/mol. The number of anilines is 1. The normalized spacial score (nSPS) is 17.1. The summed E-state index contributed by atoms with van der Waals surface area (Å²) >= 11 is 0. The molecule has 1 amide bonds. The van der Waals surface area contributed by atoms with Crippen LogP contribution in [0.15, 0.2) is 40.9 Å². The minimum absolute atomic E-state index is 0.285. The van der Waals surface area contributed by atoms with Crippen LogP contribution in [0.5, 0.6) is 0 Å². The quantitative estimate of drug-likeness (QED) is 0.800. The summed E-state index contributed by atoms with van der Waals surface area (Å²) in [6, 6.07) is 12.0.